The van der Waals surface area contributed by atoms with Crippen LogP contribution in [0.5, 0.6) is 0 Å². The van der Waals surface area contributed by atoms with E-state index in [0.29, 0.717) is 12.0 Å². The van der Waals surface area contributed by atoms with E-state index in [2.05, 4.69) is 12.2 Å². The van der Waals surface area contributed by atoms with E-state index in [1.54, 1.807) is 0 Å². The van der Waals surface area contributed by atoms with Gasteiger partial charge in [0.25, 0.3) is 0 Å². The maximum atomic E-state index is 5.99. The molecular weight excluding hydrogens is 150 g/mol. The summed E-state index contributed by atoms with van der Waals surface area (Å²) in [6.45, 7) is 3.97. The molecule has 10 heavy (non-hydrogen) atoms. The highest BCUT2D eigenvalue weighted by Crippen LogP contribution is 2.28. The van der Waals surface area contributed by atoms with E-state index in [1.807, 2.05) is 0 Å². The molecule has 3 heteroatoms. The first kappa shape index (κ1) is 6.89. The molecule has 0 aliphatic carbocycles. The molecule has 0 aromatic rings. The van der Waals surface area contributed by atoms with Gasteiger partial charge in [-0.05, 0) is 5.92 Å². The average molecular weight is 162 g/mol. The third-order valence-corrected chi connectivity index (χ3v) is 2.83. The van der Waals surface area contributed by atoms with Crippen LogP contribution in [-0.2, 0) is 4.74 Å². The van der Waals surface area contributed by atoms with E-state index in [1.165, 1.54) is 0 Å². The normalized spacial score (nSPS) is 53.4. The lowest BCUT2D eigenvalue weighted by Crippen LogP contribution is -2.31. The zero-order valence-corrected chi connectivity index (χ0v) is 6.77. The quantitative estimate of drug-likeness (QED) is 0.526. The lowest BCUT2D eigenvalue weighted by atomic mass is 10.0. The highest BCUT2D eigenvalue weighted by Gasteiger charge is 2.43. The van der Waals surface area contributed by atoms with Crippen molar-refractivity contribution in [3.05, 3.63) is 0 Å². The van der Waals surface area contributed by atoms with Crippen molar-refractivity contribution in [3.8, 4) is 0 Å². The second kappa shape index (κ2) is 2.36. The summed E-state index contributed by atoms with van der Waals surface area (Å²) < 4.78 is 5.51. The van der Waals surface area contributed by atoms with Crippen LogP contribution in [0.1, 0.15) is 6.92 Å². The van der Waals surface area contributed by atoms with E-state index in [0.717, 1.165) is 13.2 Å². The van der Waals surface area contributed by atoms with Crippen LogP contribution in [0.25, 0.3) is 0 Å². The number of hydrogen-bond acceptors (Lipinski definition) is 2. The van der Waals surface area contributed by atoms with E-state index in [9.17, 15) is 0 Å². The molecule has 0 aromatic carbocycles. The molecule has 0 radical (unpaired) electrons. The minimum atomic E-state index is 0.190. The first-order valence-electron chi connectivity index (χ1n) is 3.78. The third kappa shape index (κ3) is 0.865. The van der Waals surface area contributed by atoms with Gasteiger partial charge in [0.2, 0.25) is 0 Å². The van der Waals surface area contributed by atoms with Gasteiger partial charge in [-0.25, -0.2) is 0 Å². The lowest BCUT2D eigenvalue weighted by molar-refractivity contribution is 0.111. The van der Waals surface area contributed by atoms with Gasteiger partial charge in [0.15, 0.2) is 0 Å². The Balaban J connectivity index is 2.09. The van der Waals surface area contributed by atoms with Gasteiger partial charge in [-0.2, -0.15) is 0 Å². The Kier molecular flexibility index (Phi) is 1.63. The molecule has 2 nitrogen and oxygen atoms in total. The fraction of sp³-hybridized carbons (Fsp3) is 1.00. The van der Waals surface area contributed by atoms with Gasteiger partial charge in [0, 0.05) is 12.6 Å². The molecule has 0 spiro atoms. The number of alkyl halides is 1. The van der Waals surface area contributed by atoms with Gasteiger partial charge >= 0.3 is 0 Å². The number of fused-ring (bicyclic) bond motifs is 1. The fourth-order valence-corrected chi connectivity index (χ4v) is 2.12. The van der Waals surface area contributed by atoms with Crippen LogP contribution in [0.2, 0.25) is 0 Å². The minimum absolute atomic E-state index is 0.190. The second-order valence-corrected chi connectivity index (χ2v) is 3.79. The Hall–Kier alpha value is 0.210. The van der Waals surface area contributed by atoms with Crippen LogP contribution < -0.4 is 5.32 Å². The summed E-state index contributed by atoms with van der Waals surface area (Å²) in [5.41, 5.74) is 0. The number of rotatable bonds is 0. The lowest BCUT2D eigenvalue weighted by Gasteiger charge is -2.11. The van der Waals surface area contributed by atoms with Crippen molar-refractivity contribution < 1.29 is 4.74 Å². The first-order chi connectivity index (χ1) is 4.79. The zero-order valence-electron chi connectivity index (χ0n) is 6.01. The molecule has 1 N–H and O–H groups in total. The molecule has 2 heterocycles. The summed E-state index contributed by atoms with van der Waals surface area (Å²) in [6, 6.07) is 0.516. The molecule has 0 amide bonds. The predicted molar refractivity (Wildman–Crippen MR) is 40.3 cm³/mol. The molecule has 2 aliphatic rings. The van der Waals surface area contributed by atoms with E-state index >= 15 is 0 Å². The van der Waals surface area contributed by atoms with E-state index in [-0.39, 0.29) is 11.5 Å². The molecule has 4 atom stereocenters. The van der Waals surface area contributed by atoms with Gasteiger partial charge in [-0.3, -0.25) is 0 Å². The van der Waals surface area contributed by atoms with Gasteiger partial charge in [0.05, 0.1) is 18.1 Å². The van der Waals surface area contributed by atoms with Gasteiger partial charge in [0.1, 0.15) is 0 Å². The Morgan fingerprint density at radius 1 is 1.60 bits per heavy atom. The van der Waals surface area contributed by atoms with Gasteiger partial charge in [-0.15, -0.1) is 11.6 Å². The smallest absolute Gasteiger partial charge is 0.0907 e. The molecule has 2 fully saturated rings. The van der Waals surface area contributed by atoms with Crippen LogP contribution in [-0.4, -0.2) is 30.7 Å². The summed E-state index contributed by atoms with van der Waals surface area (Å²) >= 11 is 5.99. The SMILES string of the molecule is C[C@H]1CO[C@H]2[C@@H]1NC[C@H]2Cl. The monoisotopic (exact) mass is 161 g/mol. The zero-order chi connectivity index (χ0) is 7.14. The number of nitrogens with one attached hydrogen (secondary N) is 1. The molecule has 0 bridgehead atoms. The Morgan fingerprint density at radius 3 is 3.10 bits per heavy atom. The van der Waals surface area contributed by atoms with Crippen molar-refractivity contribution >= 4 is 11.6 Å². The topological polar surface area (TPSA) is 21.3 Å². The highest BCUT2D eigenvalue weighted by molar-refractivity contribution is 6.21. The maximum Gasteiger partial charge on any atom is 0.0907 e. The maximum absolute atomic E-state index is 5.99. The molecule has 0 saturated carbocycles. The molecule has 2 saturated heterocycles. The second-order valence-electron chi connectivity index (χ2n) is 3.23. The Labute approximate surface area is 65.9 Å². The van der Waals surface area contributed by atoms with Crippen LogP contribution in [0, 0.1) is 5.92 Å². The molecule has 0 unspecified atom stereocenters. The molecule has 2 aliphatic heterocycles. The van der Waals surface area contributed by atoms with Gasteiger partial charge < -0.3 is 10.1 Å². The van der Waals surface area contributed by atoms with Crippen molar-refractivity contribution in [1.29, 1.82) is 0 Å². The Morgan fingerprint density at radius 2 is 2.40 bits per heavy atom. The van der Waals surface area contributed by atoms with E-state index in [4.69, 9.17) is 16.3 Å². The van der Waals surface area contributed by atoms with Crippen molar-refractivity contribution in [2.45, 2.75) is 24.4 Å². The third-order valence-electron chi connectivity index (χ3n) is 2.42. The van der Waals surface area contributed by atoms with Crippen LogP contribution in [0.3, 0.4) is 0 Å². The summed E-state index contributed by atoms with van der Waals surface area (Å²) in [5.74, 6) is 0.633. The minimum Gasteiger partial charge on any atom is -0.375 e. The number of halogens is 1. The molecule has 58 valence electrons. The van der Waals surface area contributed by atoms with Crippen molar-refractivity contribution in [2.24, 2.45) is 5.92 Å². The van der Waals surface area contributed by atoms with Crippen molar-refractivity contribution in [3.63, 3.8) is 0 Å². The average Bonchev–Trinajstić information content (AvgIpc) is 2.41. The first-order valence-corrected chi connectivity index (χ1v) is 4.22. The van der Waals surface area contributed by atoms with Crippen LogP contribution in [0.4, 0.5) is 0 Å². The van der Waals surface area contributed by atoms with Crippen molar-refractivity contribution in [2.75, 3.05) is 13.2 Å². The highest BCUT2D eigenvalue weighted by atomic mass is 35.5. The summed E-state index contributed by atoms with van der Waals surface area (Å²) in [4.78, 5) is 0. The van der Waals surface area contributed by atoms with Crippen LogP contribution in [0.15, 0.2) is 0 Å². The van der Waals surface area contributed by atoms with Crippen molar-refractivity contribution in [1.82, 2.24) is 5.32 Å². The summed E-state index contributed by atoms with van der Waals surface area (Å²) in [7, 11) is 0. The Bertz CT molecular complexity index is 126. The summed E-state index contributed by atoms with van der Waals surface area (Å²) in [6.07, 6.45) is 0.275. The molecular formula is C7H12ClNO. The number of hydrogen-bond donors (Lipinski definition) is 1. The number of ether oxygens (including phenoxy) is 1. The molecule has 2 rings (SSSR count). The molecule has 0 aromatic heterocycles. The largest absolute Gasteiger partial charge is 0.375 e. The fourth-order valence-electron chi connectivity index (χ4n) is 1.81. The van der Waals surface area contributed by atoms with E-state index < -0.39 is 0 Å². The standard InChI is InChI=1S/C7H12ClNO/c1-4-3-10-7-5(8)2-9-6(4)7/h4-7,9H,2-3H2,1H3/t4-,5+,6+,7+/m0/s1. The predicted octanol–water partition coefficient (Wildman–Crippen LogP) is 0.600. The van der Waals surface area contributed by atoms with Crippen LogP contribution >= 0.6 is 11.6 Å². The summed E-state index contributed by atoms with van der Waals surface area (Å²) in [5, 5.41) is 3.55. The van der Waals surface area contributed by atoms with Gasteiger partial charge in [-0.1, -0.05) is 6.92 Å².